The fourth-order valence-corrected chi connectivity index (χ4v) is 4.65. The van der Waals surface area contributed by atoms with Gasteiger partial charge in [-0.15, -0.1) is 0 Å². The minimum absolute atomic E-state index is 0.0232. The van der Waals surface area contributed by atoms with Crippen molar-refractivity contribution in [1.82, 2.24) is 24.6 Å². The van der Waals surface area contributed by atoms with Gasteiger partial charge in [-0.3, -0.25) is 0 Å². The van der Waals surface area contributed by atoms with Crippen molar-refractivity contribution in [3.63, 3.8) is 0 Å². The number of hydrogen-bond acceptors (Lipinski definition) is 7. The number of alkyl halides is 4. The van der Waals surface area contributed by atoms with Crippen LogP contribution in [0, 0.1) is 5.92 Å². The van der Waals surface area contributed by atoms with Crippen molar-refractivity contribution in [2.24, 2.45) is 5.92 Å². The Morgan fingerprint density at radius 2 is 2.00 bits per heavy atom. The number of anilines is 1. The van der Waals surface area contributed by atoms with Crippen molar-refractivity contribution in [2.45, 2.75) is 18.8 Å². The molecule has 4 rings (SSSR count). The van der Waals surface area contributed by atoms with Gasteiger partial charge in [0.1, 0.15) is 33.4 Å². The van der Waals surface area contributed by atoms with Crippen LogP contribution in [0.2, 0.25) is 0 Å². The van der Waals surface area contributed by atoms with Gasteiger partial charge in [-0.05, 0) is 12.1 Å². The van der Waals surface area contributed by atoms with Crippen LogP contribution in [0.5, 0.6) is 0 Å². The van der Waals surface area contributed by atoms with E-state index < -0.39 is 46.0 Å². The Hall–Kier alpha value is -2.83. The first-order valence-corrected chi connectivity index (χ1v) is 11.4. The normalized spacial score (nSPS) is 19.3. The maximum Gasteiger partial charge on any atom is 0.282 e. The van der Waals surface area contributed by atoms with E-state index in [4.69, 9.17) is 0 Å². The van der Waals surface area contributed by atoms with Gasteiger partial charge in [-0.25, -0.2) is 45.4 Å². The number of aromatic nitrogens is 5. The monoisotopic (exact) mass is 458 g/mol. The van der Waals surface area contributed by atoms with Gasteiger partial charge in [0.25, 0.3) is 12.3 Å². The molecule has 0 amide bonds. The number of rotatable bonds is 5. The lowest BCUT2D eigenvalue weighted by molar-refractivity contribution is -0.0639. The first-order valence-electron chi connectivity index (χ1n) is 9.29. The van der Waals surface area contributed by atoms with E-state index in [0.29, 0.717) is 22.9 Å². The van der Waals surface area contributed by atoms with Crippen LogP contribution >= 0.6 is 0 Å². The van der Waals surface area contributed by atoms with Crippen LogP contribution in [0.25, 0.3) is 17.0 Å². The lowest BCUT2D eigenvalue weighted by Crippen LogP contribution is -2.50. The van der Waals surface area contributed by atoms with Crippen molar-refractivity contribution >= 4 is 21.3 Å². The lowest BCUT2D eigenvalue weighted by atomic mass is 9.95. The molecule has 0 saturated carbocycles. The van der Waals surface area contributed by atoms with E-state index in [2.05, 4.69) is 20.1 Å². The van der Waals surface area contributed by atoms with E-state index in [1.54, 1.807) is 4.90 Å². The second kappa shape index (κ2) is 7.70. The van der Waals surface area contributed by atoms with Gasteiger partial charge in [0.2, 0.25) is 0 Å². The number of halogens is 4. The summed E-state index contributed by atoms with van der Waals surface area (Å²) in [4.78, 5) is 14.0. The summed E-state index contributed by atoms with van der Waals surface area (Å²) in [6.07, 6.45) is 0.291. The first-order chi connectivity index (χ1) is 14.5. The molecule has 0 aromatic carbocycles. The molecular formula is C18H18F4N6O2S. The van der Waals surface area contributed by atoms with E-state index in [1.807, 2.05) is 0 Å². The van der Waals surface area contributed by atoms with Gasteiger partial charge in [-0.1, -0.05) is 0 Å². The maximum absolute atomic E-state index is 14.3. The van der Waals surface area contributed by atoms with E-state index in [1.165, 1.54) is 35.2 Å². The lowest BCUT2D eigenvalue weighted by Gasteiger charge is -2.38. The SMILES string of the molecule is CS(=O)(=O)CC1CN(c2cc(-c3cnc4ccc(C(F)F)nn34)ncn2)CCC1(F)F. The van der Waals surface area contributed by atoms with Crippen LogP contribution in [-0.4, -0.2) is 64.0 Å². The van der Waals surface area contributed by atoms with Crippen LogP contribution in [0.1, 0.15) is 18.5 Å². The third-order valence-corrected chi connectivity index (χ3v) is 6.11. The fourth-order valence-electron chi connectivity index (χ4n) is 3.57. The summed E-state index contributed by atoms with van der Waals surface area (Å²) in [5.74, 6) is -4.80. The van der Waals surface area contributed by atoms with Crippen molar-refractivity contribution in [3.05, 3.63) is 36.4 Å². The Labute approximate surface area is 174 Å². The average Bonchev–Trinajstić information content (AvgIpc) is 3.12. The van der Waals surface area contributed by atoms with Gasteiger partial charge in [0, 0.05) is 31.8 Å². The zero-order valence-electron chi connectivity index (χ0n) is 16.3. The summed E-state index contributed by atoms with van der Waals surface area (Å²) in [7, 11) is -3.60. The smallest absolute Gasteiger partial charge is 0.282 e. The molecule has 1 aliphatic rings. The number of imidazole rings is 1. The Bertz CT molecular complexity index is 1220. The largest absolute Gasteiger partial charge is 0.356 e. The molecule has 0 spiro atoms. The molecular weight excluding hydrogens is 440 g/mol. The Kier molecular flexibility index (Phi) is 5.31. The highest BCUT2D eigenvalue weighted by molar-refractivity contribution is 7.90. The number of sulfone groups is 1. The summed E-state index contributed by atoms with van der Waals surface area (Å²) in [6.45, 7) is -0.220. The van der Waals surface area contributed by atoms with Gasteiger partial charge in [0.05, 0.1) is 23.6 Å². The van der Waals surface area contributed by atoms with Gasteiger partial charge in [-0.2, -0.15) is 5.10 Å². The summed E-state index contributed by atoms with van der Waals surface area (Å²) in [5.41, 5.74) is 0.554. The standard InChI is InChI=1S/C18H18F4N6O2S/c1-31(29,30)9-11-8-27(5-4-18(11,21)22)16-6-13(24-10-25-16)14-7-23-15-3-2-12(17(19)20)26-28(14)15/h2-3,6-7,10-11,17H,4-5,8-9H2,1H3. The predicted octanol–water partition coefficient (Wildman–Crippen LogP) is 2.63. The Balaban J connectivity index is 1.66. The van der Waals surface area contributed by atoms with Crippen LogP contribution in [-0.2, 0) is 9.84 Å². The average molecular weight is 458 g/mol. The molecule has 0 N–H and O–H groups in total. The van der Waals surface area contributed by atoms with E-state index in [9.17, 15) is 26.0 Å². The highest BCUT2D eigenvalue weighted by atomic mass is 32.2. The summed E-state index contributed by atoms with van der Waals surface area (Å²) in [5, 5.41) is 3.89. The van der Waals surface area contributed by atoms with Crippen molar-refractivity contribution in [1.29, 1.82) is 0 Å². The fraction of sp³-hybridized carbons (Fsp3) is 0.444. The molecule has 1 fully saturated rings. The van der Waals surface area contributed by atoms with Crippen LogP contribution in [0.4, 0.5) is 23.4 Å². The van der Waals surface area contributed by atoms with Crippen molar-refractivity contribution in [3.8, 4) is 11.4 Å². The van der Waals surface area contributed by atoms with Gasteiger partial charge in [0.15, 0.2) is 5.65 Å². The highest BCUT2D eigenvalue weighted by Crippen LogP contribution is 2.36. The molecule has 0 bridgehead atoms. The third-order valence-electron chi connectivity index (χ3n) is 5.10. The molecule has 31 heavy (non-hydrogen) atoms. The van der Waals surface area contributed by atoms with Gasteiger partial charge < -0.3 is 4.90 Å². The molecule has 3 aromatic rings. The quantitative estimate of drug-likeness (QED) is 0.543. The molecule has 0 aliphatic carbocycles. The zero-order valence-corrected chi connectivity index (χ0v) is 17.1. The van der Waals surface area contributed by atoms with E-state index in [0.717, 1.165) is 6.26 Å². The molecule has 1 atom stereocenters. The van der Waals surface area contributed by atoms with Crippen molar-refractivity contribution in [2.75, 3.05) is 30.0 Å². The first kappa shape index (κ1) is 21.4. The highest BCUT2D eigenvalue weighted by Gasteiger charge is 2.45. The van der Waals surface area contributed by atoms with Crippen LogP contribution in [0.15, 0.2) is 30.7 Å². The minimum Gasteiger partial charge on any atom is -0.356 e. The molecule has 1 saturated heterocycles. The number of hydrogen-bond donors (Lipinski definition) is 0. The molecule has 3 aromatic heterocycles. The number of nitrogens with zero attached hydrogens (tertiary/aromatic N) is 6. The van der Waals surface area contributed by atoms with Gasteiger partial charge >= 0.3 is 0 Å². The zero-order chi connectivity index (χ0) is 22.4. The third kappa shape index (κ3) is 4.45. The summed E-state index contributed by atoms with van der Waals surface area (Å²) < 4.78 is 79.0. The second-order valence-electron chi connectivity index (χ2n) is 7.48. The molecule has 8 nitrogen and oxygen atoms in total. The molecule has 13 heteroatoms. The molecule has 0 radical (unpaired) electrons. The van der Waals surface area contributed by atoms with E-state index >= 15 is 0 Å². The molecule has 1 aliphatic heterocycles. The maximum atomic E-state index is 14.3. The Morgan fingerprint density at radius 1 is 1.23 bits per heavy atom. The molecule has 1 unspecified atom stereocenters. The van der Waals surface area contributed by atoms with Crippen LogP contribution < -0.4 is 4.90 Å². The topological polar surface area (TPSA) is 93.4 Å². The Morgan fingerprint density at radius 3 is 2.71 bits per heavy atom. The van der Waals surface area contributed by atoms with Crippen LogP contribution in [0.3, 0.4) is 0 Å². The summed E-state index contributed by atoms with van der Waals surface area (Å²) >= 11 is 0. The second-order valence-corrected chi connectivity index (χ2v) is 9.67. The van der Waals surface area contributed by atoms with E-state index in [-0.39, 0.29) is 13.1 Å². The molecule has 4 heterocycles. The minimum atomic E-state index is -3.60. The summed E-state index contributed by atoms with van der Waals surface area (Å²) in [6, 6.07) is 4.10. The predicted molar refractivity (Wildman–Crippen MR) is 104 cm³/mol. The number of piperidine rings is 1. The van der Waals surface area contributed by atoms with Crippen molar-refractivity contribution < 1.29 is 26.0 Å². The number of fused-ring (bicyclic) bond motifs is 1. The molecule has 166 valence electrons.